The van der Waals surface area contributed by atoms with Crippen LogP contribution in [0.25, 0.3) is 0 Å². The van der Waals surface area contributed by atoms with E-state index < -0.39 is 23.0 Å². The summed E-state index contributed by atoms with van der Waals surface area (Å²) in [7, 11) is 1.25. The van der Waals surface area contributed by atoms with E-state index in [1.807, 2.05) is 0 Å². The summed E-state index contributed by atoms with van der Waals surface area (Å²) in [5.41, 5.74) is 0.383. The molecule has 1 amide bonds. The van der Waals surface area contributed by atoms with Crippen LogP contribution in [-0.4, -0.2) is 42.5 Å². The van der Waals surface area contributed by atoms with Gasteiger partial charge < -0.3 is 15.0 Å². The molecule has 1 aromatic carbocycles. The molecule has 0 aromatic heterocycles. The molecular formula is C15H19N3O5. The molecule has 1 aliphatic heterocycles. The molecule has 1 aromatic rings. The second kappa shape index (κ2) is 7.08. The Morgan fingerprint density at radius 2 is 2.13 bits per heavy atom. The maximum absolute atomic E-state index is 12.4. The highest BCUT2D eigenvalue weighted by Crippen LogP contribution is 2.33. The molecule has 0 saturated carbocycles. The van der Waals surface area contributed by atoms with Crippen LogP contribution in [0.3, 0.4) is 0 Å². The number of carbonyl (C=O) groups excluding carboxylic acids is 2. The molecule has 23 heavy (non-hydrogen) atoms. The van der Waals surface area contributed by atoms with Gasteiger partial charge in [-0.25, -0.2) is 4.79 Å². The first-order valence-corrected chi connectivity index (χ1v) is 7.34. The quantitative estimate of drug-likeness (QED) is 0.497. The monoisotopic (exact) mass is 321 g/mol. The SMILES string of the molecule is COC(=O)[C@@H](C)NC(=O)[C@@H]1CCCN1c1ccccc1[N+](=O)[O-]. The third-order valence-corrected chi connectivity index (χ3v) is 3.86. The van der Waals surface area contributed by atoms with Crippen molar-refractivity contribution in [3.05, 3.63) is 34.4 Å². The molecule has 0 aliphatic carbocycles. The lowest BCUT2D eigenvalue weighted by atomic mass is 10.1. The molecule has 1 N–H and O–H groups in total. The zero-order valence-corrected chi connectivity index (χ0v) is 13.0. The van der Waals surface area contributed by atoms with Crippen molar-refractivity contribution in [3.63, 3.8) is 0 Å². The molecular weight excluding hydrogens is 302 g/mol. The zero-order chi connectivity index (χ0) is 17.0. The van der Waals surface area contributed by atoms with Gasteiger partial charge in [0.2, 0.25) is 5.91 Å². The van der Waals surface area contributed by atoms with Gasteiger partial charge in [0.15, 0.2) is 0 Å². The van der Waals surface area contributed by atoms with Gasteiger partial charge in [-0.3, -0.25) is 14.9 Å². The van der Waals surface area contributed by atoms with E-state index in [4.69, 9.17) is 0 Å². The molecule has 0 bridgehead atoms. The van der Waals surface area contributed by atoms with Gasteiger partial charge in [-0.1, -0.05) is 12.1 Å². The number of nitrogens with one attached hydrogen (secondary N) is 1. The van der Waals surface area contributed by atoms with Crippen molar-refractivity contribution in [1.82, 2.24) is 5.32 Å². The molecule has 2 rings (SSSR count). The molecule has 1 fully saturated rings. The van der Waals surface area contributed by atoms with Gasteiger partial charge in [0.05, 0.1) is 12.0 Å². The largest absolute Gasteiger partial charge is 0.467 e. The minimum Gasteiger partial charge on any atom is -0.467 e. The summed E-state index contributed by atoms with van der Waals surface area (Å²) in [6.07, 6.45) is 1.32. The van der Waals surface area contributed by atoms with E-state index in [-0.39, 0.29) is 11.6 Å². The third kappa shape index (κ3) is 3.58. The third-order valence-electron chi connectivity index (χ3n) is 3.86. The van der Waals surface area contributed by atoms with Gasteiger partial charge in [0, 0.05) is 12.6 Å². The second-order valence-corrected chi connectivity index (χ2v) is 5.35. The summed E-state index contributed by atoms with van der Waals surface area (Å²) in [5.74, 6) is -0.868. The number of amides is 1. The summed E-state index contributed by atoms with van der Waals surface area (Å²) in [6.45, 7) is 2.09. The molecule has 1 saturated heterocycles. The highest BCUT2D eigenvalue weighted by atomic mass is 16.6. The molecule has 1 aliphatic rings. The van der Waals surface area contributed by atoms with Gasteiger partial charge in [0.25, 0.3) is 5.69 Å². The lowest BCUT2D eigenvalue weighted by Gasteiger charge is -2.26. The predicted octanol–water partition coefficient (Wildman–Crippen LogP) is 1.24. The standard InChI is InChI=1S/C15H19N3O5/c1-10(15(20)23-2)16-14(19)13-8-5-9-17(13)11-6-3-4-7-12(11)18(21)22/h3-4,6-7,10,13H,5,8-9H2,1-2H3,(H,16,19)/t10-,13+/m1/s1. The first-order valence-electron chi connectivity index (χ1n) is 7.34. The Morgan fingerprint density at radius 3 is 2.78 bits per heavy atom. The van der Waals surface area contributed by atoms with Crippen molar-refractivity contribution in [2.75, 3.05) is 18.6 Å². The fourth-order valence-electron chi connectivity index (χ4n) is 2.73. The van der Waals surface area contributed by atoms with E-state index in [1.54, 1.807) is 23.1 Å². The van der Waals surface area contributed by atoms with E-state index in [9.17, 15) is 19.7 Å². The topological polar surface area (TPSA) is 102 Å². The number of para-hydroxylation sites is 2. The summed E-state index contributed by atoms with van der Waals surface area (Å²) < 4.78 is 4.58. The van der Waals surface area contributed by atoms with Gasteiger partial charge in [-0.2, -0.15) is 0 Å². The van der Waals surface area contributed by atoms with E-state index in [0.717, 1.165) is 6.42 Å². The molecule has 0 spiro atoms. The van der Waals surface area contributed by atoms with Crippen LogP contribution in [0, 0.1) is 10.1 Å². The minimum atomic E-state index is -0.763. The van der Waals surface area contributed by atoms with Gasteiger partial charge in [-0.05, 0) is 25.8 Å². The van der Waals surface area contributed by atoms with E-state index in [1.165, 1.54) is 20.1 Å². The number of esters is 1. The lowest BCUT2D eigenvalue weighted by molar-refractivity contribution is -0.384. The van der Waals surface area contributed by atoms with Crippen LogP contribution >= 0.6 is 0 Å². The maximum Gasteiger partial charge on any atom is 0.328 e. The molecule has 8 heteroatoms. The van der Waals surface area contributed by atoms with Crippen molar-refractivity contribution in [2.45, 2.75) is 31.8 Å². The fourth-order valence-corrected chi connectivity index (χ4v) is 2.73. The predicted molar refractivity (Wildman–Crippen MR) is 83.1 cm³/mol. The average molecular weight is 321 g/mol. The number of benzene rings is 1. The Balaban J connectivity index is 2.19. The number of carbonyl (C=O) groups is 2. The first kappa shape index (κ1) is 16.7. The fraction of sp³-hybridized carbons (Fsp3) is 0.467. The van der Waals surface area contributed by atoms with Crippen molar-refractivity contribution in [1.29, 1.82) is 0 Å². The average Bonchev–Trinajstić information content (AvgIpc) is 3.03. The number of anilines is 1. The van der Waals surface area contributed by atoms with Crippen molar-refractivity contribution in [2.24, 2.45) is 0 Å². The zero-order valence-electron chi connectivity index (χ0n) is 13.0. The van der Waals surface area contributed by atoms with Crippen molar-refractivity contribution >= 4 is 23.3 Å². The molecule has 0 unspecified atom stereocenters. The van der Waals surface area contributed by atoms with Gasteiger partial charge in [0.1, 0.15) is 17.8 Å². The van der Waals surface area contributed by atoms with Crippen molar-refractivity contribution < 1.29 is 19.2 Å². The summed E-state index contributed by atoms with van der Waals surface area (Å²) in [5, 5.41) is 13.8. The summed E-state index contributed by atoms with van der Waals surface area (Å²) in [4.78, 5) is 36.3. The van der Waals surface area contributed by atoms with Crippen LogP contribution in [0.2, 0.25) is 0 Å². The van der Waals surface area contributed by atoms with Gasteiger partial charge >= 0.3 is 5.97 Å². The smallest absolute Gasteiger partial charge is 0.328 e. The number of hydrogen-bond acceptors (Lipinski definition) is 6. The number of nitro groups is 1. The second-order valence-electron chi connectivity index (χ2n) is 5.35. The van der Waals surface area contributed by atoms with Crippen LogP contribution in [-0.2, 0) is 14.3 Å². The molecule has 124 valence electrons. The highest BCUT2D eigenvalue weighted by Gasteiger charge is 2.35. The van der Waals surface area contributed by atoms with Crippen LogP contribution < -0.4 is 10.2 Å². The highest BCUT2D eigenvalue weighted by molar-refractivity contribution is 5.90. The number of ether oxygens (including phenoxy) is 1. The number of hydrogen-bond donors (Lipinski definition) is 1. The summed E-state index contributed by atoms with van der Waals surface area (Å²) >= 11 is 0. The molecule has 2 atom stereocenters. The van der Waals surface area contributed by atoms with E-state index in [2.05, 4.69) is 10.1 Å². The van der Waals surface area contributed by atoms with Crippen LogP contribution in [0.5, 0.6) is 0 Å². The first-order chi connectivity index (χ1) is 11.0. The Kier molecular flexibility index (Phi) is 5.15. The minimum absolute atomic E-state index is 0.0341. The maximum atomic E-state index is 12.4. The van der Waals surface area contributed by atoms with Crippen LogP contribution in [0.4, 0.5) is 11.4 Å². The number of nitro benzene ring substituents is 1. The number of methoxy groups -OCH3 is 1. The lowest BCUT2D eigenvalue weighted by Crippen LogP contribution is -2.48. The molecule has 8 nitrogen and oxygen atoms in total. The Labute approximate surface area is 133 Å². The van der Waals surface area contributed by atoms with E-state index in [0.29, 0.717) is 18.7 Å². The Bertz CT molecular complexity index is 619. The van der Waals surface area contributed by atoms with Crippen LogP contribution in [0.15, 0.2) is 24.3 Å². The van der Waals surface area contributed by atoms with E-state index >= 15 is 0 Å². The molecule has 1 heterocycles. The number of nitrogens with zero attached hydrogens (tertiary/aromatic N) is 2. The Hall–Kier alpha value is -2.64. The van der Waals surface area contributed by atoms with Crippen molar-refractivity contribution in [3.8, 4) is 0 Å². The van der Waals surface area contributed by atoms with Gasteiger partial charge in [-0.15, -0.1) is 0 Å². The molecule has 0 radical (unpaired) electrons. The normalized spacial score (nSPS) is 18.3. The summed E-state index contributed by atoms with van der Waals surface area (Å²) in [6, 6.07) is 5.04. The van der Waals surface area contributed by atoms with Crippen LogP contribution in [0.1, 0.15) is 19.8 Å². The Morgan fingerprint density at radius 1 is 1.43 bits per heavy atom. The number of rotatable bonds is 5.